The molecular formula is C13H18N2O2. The first-order valence-corrected chi connectivity index (χ1v) is 5.45. The van der Waals surface area contributed by atoms with Crippen molar-refractivity contribution in [2.24, 2.45) is 0 Å². The molecule has 0 aliphatic rings. The van der Waals surface area contributed by atoms with E-state index >= 15 is 0 Å². The number of carbonyl (C=O) groups is 1. The van der Waals surface area contributed by atoms with E-state index in [-0.39, 0.29) is 11.9 Å². The highest BCUT2D eigenvalue weighted by atomic mass is 16.5. The summed E-state index contributed by atoms with van der Waals surface area (Å²) >= 11 is 0. The molecule has 92 valence electrons. The smallest absolute Gasteiger partial charge is 0.244 e. The maximum absolute atomic E-state index is 11.4. The number of benzene rings is 1. The average Bonchev–Trinajstić information content (AvgIpc) is 2.25. The summed E-state index contributed by atoms with van der Waals surface area (Å²) < 4.78 is 5.05. The Bertz CT molecular complexity index is 425. The molecule has 0 atom stereocenters. The van der Waals surface area contributed by atoms with Gasteiger partial charge in [0.15, 0.2) is 0 Å². The van der Waals surface area contributed by atoms with E-state index in [9.17, 15) is 4.79 Å². The number of hydrogen-bond donors (Lipinski definition) is 2. The lowest BCUT2D eigenvalue weighted by Crippen LogP contribution is -2.28. The molecule has 0 saturated carbocycles. The minimum atomic E-state index is -0.116. The van der Waals surface area contributed by atoms with Crippen molar-refractivity contribution in [1.29, 1.82) is 0 Å². The van der Waals surface area contributed by atoms with Crippen LogP contribution in [0.2, 0.25) is 0 Å². The van der Waals surface area contributed by atoms with Crippen molar-refractivity contribution in [3.05, 3.63) is 29.8 Å². The number of nitrogens with two attached hydrogens (primary N) is 1. The summed E-state index contributed by atoms with van der Waals surface area (Å²) in [7, 11) is 1.57. The molecule has 0 saturated heterocycles. The zero-order chi connectivity index (χ0) is 12.8. The minimum absolute atomic E-state index is 0.116. The predicted molar refractivity (Wildman–Crippen MR) is 69.7 cm³/mol. The SMILES string of the molecule is COc1ccc(/C=C/C(=O)NC(C)C)cc1N. The molecule has 0 aliphatic carbocycles. The number of ether oxygens (including phenoxy) is 1. The quantitative estimate of drug-likeness (QED) is 0.617. The molecule has 0 unspecified atom stereocenters. The summed E-state index contributed by atoms with van der Waals surface area (Å²) in [6.07, 6.45) is 3.20. The topological polar surface area (TPSA) is 64.3 Å². The highest BCUT2D eigenvalue weighted by Crippen LogP contribution is 2.22. The average molecular weight is 234 g/mol. The number of methoxy groups -OCH3 is 1. The van der Waals surface area contributed by atoms with E-state index < -0.39 is 0 Å². The standard InChI is InChI=1S/C13H18N2O2/c1-9(2)15-13(16)7-5-10-4-6-12(17-3)11(14)8-10/h4-9H,14H2,1-3H3,(H,15,16)/b7-5+. The molecule has 0 spiro atoms. The van der Waals surface area contributed by atoms with Crippen molar-refractivity contribution in [2.75, 3.05) is 12.8 Å². The summed E-state index contributed by atoms with van der Waals surface area (Å²) in [6, 6.07) is 5.51. The second-order valence-corrected chi connectivity index (χ2v) is 4.00. The summed E-state index contributed by atoms with van der Waals surface area (Å²) in [4.78, 5) is 11.4. The second-order valence-electron chi connectivity index (χ2n) is 4.00. The molecule has 0 heterocycles. The second kappa shape index (κ2) is 5.94. The van der Waals surface area contributed by atoms with Crippen molar-refractivity contribution in [3.63, 3.8) is 0 Å². The van der Waals surface area contributed by atoms with Gasteiger partial charge in [0.2, 0.25) is 5.91 Å². The van der Waals surface area contributed by atoms with Crippen LogP contribution in [-0.2, 0) is 4.79 Å². The van der Waals surface area contributed by atoms with Crippen molar-refractivity contribution in [3.8, 4) is 5.75 Å². The van der Waals surface area contributed by atoms with Gasteiger partial charge < -0.3 is 15.8 Å². The van der Waals surface area contributed by atoms with Crippen LogP contribution in [0.5, 0.6) is 5.75 Å². The van der Waals surface area contributed by atoms with Crippen LogP contribution in [0.1, 0.15) is 19.4 Å². The Labute approximate surface area is 101 Å². The van der Waals surface area contributed by atoms with Gasteiger partial charge in [0.25, 0.3) is 0 Å². The fourth-order valence-electron chi connectivity index (χ4n) is 1.36. The van der Waals surface area contributed by atoms with Crippen molar-refractivity contribution in [1.82, 2.24) is 5.32 Å². The normalized spacial score (nSPS) is 10.8. The number of hydrogen-bond acceptors (Lipinski definition) is 3. The van der Waals surface area contributed by atoms with Gasteiger partial charge in [0.1, 0.15) is 5.75 Å². The number of rotatable bonds is 4. The number of amides is 1. The Kier molecular flexibility index (Phi) is 4.57. The highest BCUT2D eigenvalue weighted by Gasteiger charge is 2.00. The lowest BCUT2D eigenvalue weighted by Gasteiger charge is -2.05. The van der Waals surface area contributed by atoms with Crippen molar-refractivity contribution >= 4 is 17.7 Å². The summed E-state index contributed by atoms with van der Waals surface area (Å²) in [5, 5.41) is 2.77. The molecule has 4 nitrogen and oxygen atoms in total. The third kappa shape index (κ3) is 4.18. The van der Waals surface area contributed by atoms with Gasteiger partial charge in [0.05, 0.1) is 12.8 Å². The highest BCUT2D eigenvalue weighted by molar-refractivity contribution is 5.92. The Morgan fingerprint density at radius 1 is 1.47 bits per heavy atom. The first-order valence-electron chi connectivity index (χ1n) is 5.45. The molecule has 0 radical (unpaired) electrons. The number of carbonyl (C=O) groups excluding carboxylic acids is 1. The van der Waals surface area contributed by atoms with Gasteiger partial charge in [-0.05, 0) is 37.6 Å². The molecule has 3 N–H and O–H groups in total. The number of anilines is 1. The Morgan fingerprint density at radius 2 is 2.18 bits per heavy atom. The summed E-state index contributed by atoms with van der Waals surface area (Å²) in [5.41, 5.74) is 7.18. The van der Waals surface area contributed by atoms with Crippen LogP contribution in [0.15, 0.2) is 24.3 Å². The zero-order valence-electron chi connectivity index (χ0n) is 10.4. The van der Waals surface area contributed by atoms with E-state index in [1.165, 1.54) is 6.08 Å². The van der Waals surface area contributed by atoms with Crippen LogP contribution in [0.25, 0.3) is 6.08 Å². The third-order valence-electron chi connectivity index (χ3n) is 2.11. The van der Waals surface area contributed by atoms with Gasteiger partial charge in [-0.15, -0.1) is 0 Å². The molecule has 0 bridgehead atoms. The zero-order valence-corrected chi connectivity index (χ0v) is 10.4. The fourth-order valence-corrected chi connectivity index (χ4v) is 1.36. The molecule has 1 aromatic rings. The summed E-state index contributed by atoms with van der Waals surface area (Å²) in [5.74, 6) is 0.517. The molecule has 0 aromatic heterocycles. The fraction of sp³-hybridized carbons (Fsp3) is 0.308. The maximum Gasteiger partial charge on any atom is 0.244 e. The van der Waals surface area contributed by atoms with Gasteiger partial charge in [0, 0.05) is 12.1 Å². The lowest BCUT2D eigenvalue weighted by molar-refractivity contribution is -0.116. The van der Waals surface area contributed by atoms with Crippen molar-refractivity contribution in [2.45, 2.75) is 19.9 Å². The first kappa shape index (κ1) is 13.1. The van der Waals surface area contributed by atoms with E-state index in [1.807, 2.05) is 19.9 Å². The molecule has 0 fully saturated rings. The van der Waals surface area contributed by atoms with Crippen LogP contribution < -0.4 is 15.8 Å². The van der Waals surface area contributed by atoms with Crippen LogP contribution >= 0.6 is 0 Å². The predicted octanol–water partition coefficient (Wildman–Crippen LogP) is 1.82. The molecule has 0 aliphatic heterocycles. The Balaban J connectivity index is 2.72. The molecule has 17 heavy (non-hydrogen) atoms. The van der Waals surface area contributed by atoms with Gasteiger partial charge in [-0.2, -0.15) is 0 Å². The Hall–Kier alpha value is -1.97. The van der Waals surface area contributed by atoms with Gasteiger partial charge >= 0.3 is 0 Å². The monoisotopic (exact) mass is 234 g/mol. The van der Waals surface area contributed by atoms with Crippen LogP contribution in [0.4, 0.5) is 5.69 Å². The van der Waals surface area contributed by atoms with Crippen LogP contribution in [0, 0.1) is 0 Å². The molecule has 1 aromatic carbocycles. The van der Waals surface area contributed by atoms with E-state index in [1.54, 1.807) is 25.3 Å². The van der Waals surface area contributed by atoms with Crippen LogP contribution in [0.3, 0.4) is 0 Å². The summed E-state index contributed by atoms with van der Waals surface area (Å²) in [6.45, 7) is 3.83. The number of nitrogens with one attached hydrogen (secondary N) is 1. The van der Waals surface area contributed by atoms with Gasteiger partial charge in [-0.1, -0.05) is 6.07 Å². The van der Waals surface area contributed by atoms with E-state index in [0.717, 1.165) is 5.56 Å². The largest absolute Gasteiger partial charge is 0.495 e. The lowest BCUT2D eigenvalue weighted by atomic mass is 10.1. The maximum atomic E-state index is 11.4. The molecule has 4 heteroatoms. The first-order chi connectivity index (χ1) is 8.02. The molecule has 1 rings (SSSR count). The van der Waals surface area contributed by atoms with E-state index in [4.69, 9.17) is 10.5 Å². The third-order valence-corrected chi connectivity index (χ3v) is 2.11. The molecule has 1 amide bonds. The van der Waals surface area contributed by atoms with Crippen LogP contribution in [-0.4, -0.2) is 19.1 Å². The Morgan fingerprint density at radius 3 is 2.71 bits per heavy atom. The van der Waals surface area contributed by atoms with E-state index in [2.05, 4.69) is 5.32 Å². The molecular weight excluding hydrogens is 216 g/mol. The van der Waals surface area contributed by atoms with E-state index in [0.29, 0.717) is 11.4 Å². The van der Waals surface area contributed by atoms with Gasteiger partial charge in [-0.25, -0.2) is 0 Å². The minimum Gasteiger partial charge on any atom is -0.495 e. The van der Waals surface area contributed by atoms with Crippen molar-refractivity contribution < 1.29 is 9.53 Å². The number of nitrogen functional groups attached to an aromatic ring is 1. The van der Waals surface area contributed by atoms with Gasteiger partial charge in [-0.3, -0.25) is 4.79 Å².